The molecule has 112 valence electrons. The van der Waals surface area contributed by atoms with Gasteiger partial charge in [-0.2, -0.15) is 0 Å². The highest BCUT2D eigenvalue weighted by Crippen LogP contribution is 2.26. The summed E-state index contributed by atoms with van der Waals surface area (Å²) in [4.78, 5) is 36.3. The van der Waals surface area contributed by atoms with E-state index in [0.29, 0.717) is 5.02 Å². The van der Waals surface area contributed by atoms with E-state index in [-0.39, 0.29) is 29.9 Å². The fourth-order valence-corrected chi connectivity index (χ4v) is 2.85. The number of ether oxygens (including phenoxy) is 1. The van der Waals surface area contributed by atoms with Gasteiger partial charge in [0.05, 0.1) is 12.5 Å². The summed E-state index contributed by atoms with van der Waals surface area (Å²) in [6.45, 7) is 1.89. The van der Waals surface area contributed by atoms with Gasteiger partial charge in [-0.3, -0.25) is 9.59 Å². The third-order valence-corrected chi connectivity index (χ3v) is 4.21. The lowest BCUT2D eigenvalue weighted by molar-refractivity contribution is -0.128. The van der Waals surface area contributed by atoms with Gasteiger partial charge in [-0.15, -0.1) is 0 Å². The molecule has 1 aliphatic heterocycles. The van der Waals surface area contributed by atoms with Crippen LogP contribution < -0.4 is 0 Å². The summed E-state index contributed by atoms with van der Waals surface area (Å²) in [6, 6.07) is 6.82. The van der Waals surface area contributed by atoms with Crippen LogP contribution in [0.1, 0.15) is 18.4 Å². The normalized spacial score (nSPS) is 15.7. The molecule has 0 unspecified atom stereocenters. The Balaban J connectivity index is 2.22. The summed E-state index contributed by atoms with van der Waals surface area (Å²) in [5.74, 6) is -0.657. The zero-order valence-corrected chi connectivity index (χ0v) is 12.9. The fourth-order valence-electron chi connectivity index (χ4n) is 1.99. The summed E-state index contributed by atoms with van der Waals surface area (Å²) in [6.07, 6.45) is -0.633. The molecule has 1 heterocycles. The molecule has 0 aliphatic carbocycles. The first kappa shape index (κ1) is 15.9. The van der Waals surface area contributed by atoms with E-state index in [1.54, 1.807) is 24.3 Å². The van der Waals surface area contributed by atoms with Crippen molar-refractivity contribution in [3.63, 3.8) is 0 Å². The quantitative estimate of drug-likeness (QED) is 0.850. The number of nitrogens with zero attached hydrogens (tertiary/aromatic N) is 1. The van der Waals surface area contributed by atoms with Crippen LogP contribution >= 0.6 is 23.4 Å². The zero-order chi connectivity index (χ0) is 15.4. The Morgan fingerprint density at radius 2 is 2.05 bits per heavy atom. The van der Waals surface area contributed by atoms with Crippen molar-refractivity contribution >= 4 is 40.5 Å². The minimum Gasteiger partial charge on any atom is -0.447 e. The maximum Gasteiger partial charge on any atom is 0.416 e. The molecule has 0 radical (unpaired) electrons. The number of carbonyl (C=O) groups excluding carboxylic acids is 3. The summed E-state index contributed by atoms with van der Waals surface area (Å²) in [5.41, 5.74) is 0.720. The number of amides is 2. The van der Waals surface area contributed by atoms with Crippen molar-refractivity contribution in [2.75, 3.05) is 18.9 Å². The van der Waals surface area contributed by atoms with Crippen molar-refractivity contribution in [1.82, 2.24) is 4.90 Å². The molecular weight excluding hydrogens is 314 g/mol. The number of benzene rings is 1. The first-order valence-corrected chi connectivity index (χ1v) is 7.72. The molecule has 2 amide bonds. The van der Waals surface area contributed by atoms with Gasteiger partial charge in [0.1, 0.15) is 6.61 Å². The van der Waals surface area contributed by atoms with Gasteiger partial charge in [0, 0.05) is 17.7 Å². The molecule has 0 bridgehead atoms. The van der Waals surface area contributed by atoms with Crippen molar-refractivity contribution in [3.05, 3.63) is 34.9 Å². The smallest absolute Gasteiger partial charge is 0.416 e. The predicted octanol–water partition coefficient (Wildman–Crippen LogP) is 2.68. The minimum atomic E-state index is -0.633. The topological polar surface area (TPSA) is 63.7 Å². The number of rotatable bonds is 4. The second-order valence-electron chi connectivity index (χ2n) is 4.51. The Labute approximate surface area is 131 Å². The van der Waals surface area contributed by atoms with Gasteiger partial charge in [0.15, 0.2) is 5.12 Å². The lowest BCUT2D eigenvalue weighted by atomic mass is 10.00. The van der Waals surface area contributed by atoms with Gasteiger partial charge in [-0.05, 0) is 17.7 Å². The van der Waals surface area contributed by atoms with Crippen molar-refractivity contribution in [3.8, 4) is 0 Å². The van der Waals surface area contributed by atoms with Gasteiger partial charge in [-0.1, -0.05) is 35.5 Å². The highest BCUT2D eigenvalue weighted by Gasteiger charge is 2.34. The number of carbonyl (C=O) groups is 3. The molecule has 1 saturated heterocycles. The molecule has 5 nitrogen and oxygen atoms in total. The summed E-state index contributed by atoms with van der Waals surface area (Å²) in [5, 5.41) is 0.482. The minimum absolute atomic E-state index is 0.0780. The van der Waals surface area contributed by atoms with Crippen molar-refractivity contribution in [2.24, 2.45) is 0 Å². The van der Waals surface area contributed by atoms with Gasteiger partial charge in [0.2, 0.25) is 5.91 Å². The van der Waals surface area contributed by atoms with Gasteiger partial charge in [-0.25, -0.2) is 9.69 Å². The first-order valence-electron chi connectivity index (χ1n) is 6.36. The molecule has 0 spiro atoms. The molecule has 1 aliphatic rings. The lowest BCUT2D eigenvalue weighted by Crippen LogP contribution is -2.36. The Bertz CT molecular complexity index is 561. The Morgan fingerprint density at radius 3 is 2.57 bits per heavy atom. The molecule has 1 atom stereocenters. The molecule has 2 rings (SSSR count). The Hall–Kier alpha value is -1.53. The van der Waals surface area contributed by atoms with Crippen molar-refractivity contribution < 1.29 is 19.1 Å². The third-order valence-electron chi connectivity index (χ3n) is 3.05. The van der Waals surface area contributed by atoms with E-state index in [1.165, 1.54) is 6.92 Å². The van der Waals surface area contributed by atoms with Crippen LogP contribution in [0.2, 0.25) is 5.02 Å². The molecule has 1 aromatic carbocycles. The predicted molar refractivity (Wildman–Crippen MR) is 80.4 cm³/mol. The van der Waals surface area contributed by atoms with Crippen LogP contribution in [0.25, 0.3) is 0 Å². The summed E-state index contributed by atoms with van der Waals surface area (Å²) >= 11 is 6.90. The number of cyclic esters (lactones) is 1. The van der Waals surface area contributed by atoms with Gasteiger partial charge in [0.25, 0.3) is 0 Å². The van der Waals surface area contributed by atoms with Crippen LogP contribution in [-0.2, 0) is 14.3 Å². The molecule has 0 aromatic heterocycles. The Kier molecular flexibility index (Phi) is 5.25. The van der Waals surface area contributed by atoms with E-state index in [0.717, 1.165) is 22.2 Å². The molecule has 7 heteroatoms. The average molecular weight is 328 g/mol. The van der Waals surface area contributed by atoms with E-state index >= 15 is 0 Å². The van der Waals surface area contributed by atoms with Gasteiger partial charge >= 0.3 is 6.09 Å². The van der Waals surface area contributed by atoms with E-state index in [9.17, 15) is 14.4 Å². The van der Waals surface area contributed by atoms with Crippen LogP contribution in [0.4, 0.5) is 4.79 Å². The lowest BCUT2D eigenvalue weighted by Gasteiger charge is -2.20. The molecule has 0 N–H and O–H groups in total. The molecule has 0 saturated carbocycles. The fraction of sp³-hybridized carbons (Fsp3) is 0.357. The van der Waals surface area contributed by atoms with E-state index in [4.69, 9.17) is 16.3 Å². The number of thioether (sulfide) groups is 1. The Morgan fingerprint density at radius 1 is 1.38 bits per heavy atom. The largest absolute Gasteiger partial charge is 0.447 e. The molecule has 1 fully saturated rings. The number of hydrogen-bond donors (Lipinski definition) is 0. The monoisotopic (exact) mass is 327 g/mol. The van der Waals surface area contributed by atoms with Crippen LogP contribution in [0, 0.1) is 0 Å². The van der Waals surface area contributed by atoms with Crippen molar-refractivity contribution in [1.29, 1.82) is 0 Å². The molecule has 1 aromatic rings. The van der Waals surface area contributed by atoms with E-state index in [2.05, 4.69) is 0 Å². The highest BCUT2D eigenvalue weighted by molar-refractivity contribution is 8.13. The number of halogens is 1. The second kappa shape index (κ2) is 6.95. The van der Waals surface area contributed by atoms with Crippen LogP contribution in [-0.4, -0.2) is 40.9 Å². The molecular formula is C14H14ClNO4S. The van der Waals surface area contributed by atoms with E-state index < -0.39 is 12.0 Å². The van der Waals surface area contributed by atoms with Crippen LogP contribution in [0.3, 0.4) is 0 Å². The maximum absolute atomic E-state index is 12.5. The zero-order valence-electron chi connectivity index (χ0n) is 11.4. The molecule has 21 heavy (non-hydrogen) atoms. The van der Waals surface area contributed by atoms with Gasteiger partial charge < -0.3 is 4.74 Å². The SMILES string of the molecule is CC(=O)SC[C@@H](C(=O)N1CCOC1=O)c1ccc(Cl)cc1. The standard InChI is InChI=1S/C14H14ClNO4S/c1-9(17)21-8-12(10-2-4-11(15)5-3-10)13(18)16-6-7-20-14(16)19/h2-5,12H,6-8H2,1H3/t12-/m1/s1. The van der Waals surface area contributed by atoms with Crippen LogP contribution in [0.15, 0.2) is 24.3 Å². The van der Waals surface area contributed by atoms with Crippen molar-refractivity contribution in [2.45, 2.75) is 12.8 Å². The van der Waals surface area contributed by atoms with E-state index in [1.807, 2.05) is 0 Å². The summed E-state index contributed by atoms with van der Waals surface area (Å²) in [7, 11) is 0. The third kappa shape index (κ3) is 3.98. The average Bonchev–Trinajstić information content (AvgIpc) is 2.86. The first-order chi connectivity index (χ1) is 9.99. The number of imide groups is 1. The second-order valence-corrected chi connectivity index (χ2v) is 6.14. The highest BCUT2D eigenvalue weighted by atomic mass is 35.5. The maximum atomic E-state index is 12.5. The van der Waals surface area contributed by atoms with Crippen LogP contribution in [0.5, 0.6) is 0 Å². The summed E-state index contributed by atoms with van der Waals surface area (Å²) < 4.78 is 4.79. The number of hydrogen-bond acceptors (Lipinski definition) is 5.